The van der Waals surface area contributed by atoms with E-state index in [2.05, 4.69) is 4.98 Å². The van der Waals surface area contributed by atoms with Crippen LogP contribution in [0.5, 0.6) is 0 Å². The fourth-order valence-electron chi connectivity index (χ4n) is 3.44. The molecule has 0 bridgehead atoms. The summed E-state index contributed by atoms with van der Waals surface area (Å²) in [5, 5.41) is 0. The highest BCUT2D eigenvalue weighted by Crippen LogP contribution is 2.23. The molecule has 7 heteroatoms. The van der Waals surface area contributed by atoms with Gasteiger partial charge in [0.1, 0.15) is 5.82 Å². The molecule has 0 spiro atoms. The molecule has 1 unspecified atom stereocenters. The molecule has 6 nitrogen and oxygen atoms in total. The third-order valence-corrected chi connectivity index (χ3v) is 4.75. The van der Waals surface area contributed by atoms with Crippen molar-refractivity contribution in [1.82, 2.24) is 9.88 Å². The van der Waals surface area contributed by atoms with Gasteiger partial charge in [0, 0.05) is 31.2 Å². The van der Waals surface area contributed by atoms with Crippen LogP contribution in [-0.2, 0) is 0 Å². The Kier molecular flexibility index (Phi) is 3.99. The summed E-state index contributed by atoms with van der Waals surface area (Å²) in [4.78, 5) is 30.4. The van der Waals surface area contributed by atoms with Crippen molar-refractivity contribution in [3.8, 4) is 0 Å². The van der Waals surface area contributed by atoms with E-state index >= 15 is 0 Å². The van der Waals surface area contributed by atoms with Crippen molar-refractivity contribution < 1.29 is 13.6 Å². The average molecular weight is 355 g/mol. The molecule has 1 saturated heterocycles. The number of anilines is 1. The van der Waals surface area contributed by atoms with E-state index < -0.39 is 5.76 Å². The van der Waals surface area contributed by atoms with Crippen LogP contribution in [0.15, 0.2) is 51.7 Å². The number of hydrogen-bond acceptors (Lipinski definition) is 4. The maximum absolute atomic E-state index is 14.0. The Bertz CT molecular complexity index is 1030. The van der Waals surface area contributed by atoms with Crippen LogP contribution in [0.4, 0.5) is 10.1 Å². The number of benzene rings is 2. The summed E-state index contributed by atoms with van der Waals surface area (Å²) in [6.45, 7) is 3.55. The number of para-hydroxylation sites is 1. The van der Waals surface area contributed by atoms with E-state index in [0.29, 0.717) is 42.0 Å². The minimum atomic E-state index is -0.545. The number of fused-ring (bicyclic) bond motifs is 1. The molecule has 1 amide bonds. The van der Waals surface area contributed by atoms with Crippen molar-refractivity contribution in [2.24, 2.45) is 0 Å². The third-order valence-electron chi connectivity index (χ3n) is 4.75. The summed E-state index contributed by atoms with van der Waals surface area (Å²) in [6, 6.07) is 11.5. The van der Waals surface area contributed by atoms with Gasteiger partial charge in [-0.1, -0.05) is 12.1 Å². The molecule has 1 aliphatic heterocycles. The second-order valence-corrected chi connectivity index (χ2v) is 6.47. The number of rotatable bonds is 2. The molecule has 1 aliphatic rings. The van der Waals surface area contributed by atoms with Crippen molar-refractivity contribution in [3.05, 3.63) is 64.4 Å². The summed E-state index contributed by atoms with van der Waals surface area (Å²) in [5.41, 5.74) is 1.96. The number of hydrogen-bond donors (Lipinski definition) is 1. The molecule has 0 saturated carbocycles. The predicted octanol–water partition coefficient (Wildman–Crippen LogP) is 2.61. The second-order valence-electron chi connectivity index (χ2n) is 6.47. The van der Waals surface area contributed by atoms with Crippen LogP contribution < -0.4 is 10.7 Å². The van der Waals surface area contributed by atoms with Gasteiger partial charge in [-0.15, -0.1) is 0 Å². The molecule has 4 rings (SSSR count). The predicted molar refractivity (Wildman–Crippen MR) is 95.9 cm³/mol. The molecular formula is C19H18FN3O3. The molecular weight excluding hydrogens is 337 g/mol. The number of aromatic nitrogens is 1. The lowest BCUT2D eigenvalue weighted by atomic mass is 10.1. The Balaban J connectivity index is 1.54. The van der Waals surface area contributed by atoms with E-state index in [4.69, 9.17) is 4.42 Å². The summed E-state index contributed by atoms with van der Waals surface area (Å²) < 4.78 is 19.0. The quantitative estimate of drug-likeness (QED) is 0.767. The molecule has 26 heavy (non-hydrogen) atoms. The maximum atomic E-state index is 14.0. The number of nitrogens with one attached hydrogen (secondary N) is 1. The second kappa shape index (κ2) is 6.33. The number of oxazole rings is 1. The monoisotopic (exact) mass is 355 g/mol. The van der Waals surface area contributed by atoms with E-state index in [1.807, 2.05) is 17.9 Å². The van der Waals surface area contributed by atoms with Crippen LogP contribution in [0.3, 0.4) is 0 Å². The normalized spacial score (nSPS) is 17.7. The zero-order valence-electron chi connectivity index (χ0n) is 14.2. The SMILES string of the molecule is CC1CN(c2ccccc2F)CCN1C(=O)c1ccc2oc(=O)[nH]c2c1. The van der Waals surface area contributed by atoms with E-state index in [0.717, 1.165) is 0 Å². The summed E-state index contributed by atoms with van der Waals surface area (Å²) in [7, 11) is 0. The summed E-state index contributed by atoms with van der Waals surface area (Å²) in [6.07, 6.45) is 0. The van der Waals surface area contributed by atoms with Gasteiger partial charge < -0.3 is 14.2 Å². The van der Waals surface area contributed by atoms with Gasteiger partial charge in [-0.05, 0) is 37.3 Å². The van der Waals surface area contributed by atoms with E-state index in [9.17, 15) is 14.0 Å². The Morgan fingerprint density at radius 1 is 1.23 bits per heavy atom. The minimum Gasteiger partial charge on any atom is -0.408 e. The zero-order chi connectivity index (χ0) is 18.3. The van der Waals surface area contributed by atoms with Gasteiger partial charge in [0.2, 0.25) is 0 Å². The Morgan fingerprint density at radius 3 is 2.81 bits per heavy atom. The summed E-state index contributed by atoms with van der Waals surface area (Å²) >= 11 is 0. The molecule has 0 radical (unpaired) electrons. The number of carbonyl (C=O) groups is 1. The number of H-pyrrole nitrogens is 1. The van der Waals surface area contributed by atoms with Gasteiger partial charge >= 0.3 is 5.76 Å². The van der Waals surface area contributed by atoms with Crippen molar-refractivity contribution in [2.75, 3.05) is 24.5 Å². The lowest BCUT2D eigenvalue weighted by Crippen LogP contribution is -2.54. The molecule has 1 fully saturated rings. The molecule has 2 heterocycles. The Morgan fingerprint density at radius 2 is 2.04 bits per heavy atom. The van der Waals surface area contributed by atoms with Crippen LogP contribution in [0.2, 0.25) is 0 Å². The largest absolute Gasteiger partial charge is 0.417 e. The standard InChI is InChI=1S/C19H18FN3O3/c1-12-11-22(16-5-3-2-4-14(16)20)8-9-23(12)18(24)13-6-7-17-15(10-13)21-19(25)26-17/h2-7,10,12H,8-9,11H2,1H3,(H,21,25). The Labute approximate surface area is 148 Å². The molecule has 0 aliphatic carbocycles. The topological polar surface area (TPSA) is 69.5 Å². The van der Waals surface area contributed by atoms with E-state index in [1.165, 1.54) is 6.07 Å². The van der Waals surface area contributed by atoms with Crippen molar-refractivity contribution in [3.63, 3.8) is 0 Å². The third kappa shape index (κ3) is 2.85. The Hall–Kier alpha value is -3.09. The van der Waals surface area contributed by atoms with Crippen LogP contribution in [0.1, 0.15) is 17.3 Å². The number of nitrogens with zero attached hydrogens (tertiary/aromatic N) is 2. The van der Waals surface area contributed by atoms with E-state index in [-0.39, 0.29) is 17.8 Å². The van der Waals surface area contributed by atoms with Crippen LogP contribution in [0, 0.1) is 5.82 Å². The number of carbonyl (C=O) groups excluding carboxylic acids is 1. The highest BCUT2D eigenvalue weighted by Gasteiger charge is 2.29. The van der Waals surface area contributed by atoms with Gasteiger partial charge in [-0.3, -0.25) is 9.78 Å². The van der Waals surface area contributed by atoms with Crippen molar-refractivity contribution in [2.45, 2.75) is 13.0 Å². The number of amides is 1. The van der Waals surface area contributed by atoms with Crippen LogP contribution in [0.25, 0.3) is 11.1 Å². The highest BCUT2D eigenvalue weighted by molar-refractivity contribution is 5.97. The molecule has 1 atom stereocenters. The van der Waals surface area contributed by atoms with Gasteiger partial charge in [-0.2, -0.15) is 0 Å². The van der Waals surface area contributed by atoms with Crippen LogP contribution in [-0.4, -0.2) is 41.5 Å². The maximum Gasteiger partial charge on any atom is 0.417 e. The first-order chi connectivity index (χ1) is 12.5. The molecule has 2 aromatic carbocycles. The van der Waals surface area contributed by atoms with Crippen LogP contribution >= 0.6 is 0 Å². The first kappa shape index (κ1) is 16.4. The first-order valence-corrected chi connectivity index (χ1v) is 8.46. The van der Waals surface area contributed by atoms with Gasteiger partial charge in [0.15, 0.2) is 5.58 Å². The van der Waals surface area contributed by atoms with Gasteiger partial charge in [0.25, 0.3) is 5.91 Å². The fraction of sp³-hybridized carbons (Fsp3) is 0.263. The van der Waals surface area contributed by atoms with Gasteiger partial charge in [0.05, 0.1) is 11.2 Å². The molecule has 134 valence electrons. The fourth-order valence-corrected chi connectivity index (χ4v) is 3.44. The first-order valence-electron chi connectivity index (χ1n) is 8.46. The van der Waals surface area contributed by atoms with Crippen molar-refractivity contribution >= 4 is 22.7 Å². The zero-order valence-corrected chi connectivity index (χ0v) is 14.2. The number of piperazine rings is 1. The lowest BCUT2D eigenvalue weighted by molar-refractivity contribution is 0.0674. The van der Waals surface area contributed by atoms with E-state index in [1.54, 1.807) is 35.2 Å². The minimum absolute atomic E-state index is 0.0741. The smallest absolute Gasteiger partial charge is 0.408 e. The number of halogens is 1. The summed E-state index contributed by atoms with van der Waals surface area (Å²) in [5.74, 6) is -0.917. The molecule has 1 N–H and O–H groups in total. The van der Waals surface area contributed by atoms with Gasteiger partial charge in [-0.25, -0.2) is 9.18 Å². The molecule has 1 aromatic heterocycles. The highest BCUT2D eigenvalue weighted by atomic mass is 19.1. The average Bonchev–Trinajstić information content (AvgIpc) is 3.00. The molecule has 3 aromatic rings. The lowest BCUT2D eigenvalue weighted by Gasteiger charge is -2.41. The van der Waals surface area contributed by atoms with Crippen molar-refractivity contribution in [1.29, 1.82) is 0 Å². The number of aromatic amines is 1.